The van der Waals surface area contributed by atoms with Crippen LogP contribution in [-0.2, 0) is 31.5 Å². The van der Waals surface area contributed by atoms with Gasteiger partial charge in [-0.2, -0.15) is 0 Å². The smallest absolute Gasteiger partial charge is 0.265 e. The van der Waals surface area contributed by atoms with E-state index in [1.165, 1.54) is 36.6 Å². The van der Waals surface area contributed by atoms with Gasteiger partial charge in [-0.1, -0.05) is 20.8 Å². The highest BCUT2D eigenvalue weighted by Gasteiger charge is 2.27. The van der Waals surface area contributed by atoms with Crippen molar-refractivity contribution in [3.8, 4) is 0 Å². The van der Waals surface area contributed by atoms with E-state index in [-0.39, 0.29) is 16.2 Å². The zero-order valence-electron chi connectivity index (χ0n) is 21.6. The molecule has 0 spiro atoms. The third-order valence-corrected chi connectivity index (χ3v) is 8.25. The Morgan fingerprint density at radius 3 is 2.64 bits per heavy atom. The molecule has 36 heavy (non-hydrogen) atoms. The number of amides is 1. The highest BCUT2D eigenvalue weighted by atomic mass is 32.2. The average Bonchev–Trinajstić information content (AvgIpc) is 2.98. The molecule has 1 aliphatic heterocycles. The number of pyridine rings is 1. The van der Waals surface area contributed by atoms with Gasteiger partial charge in [-0.3, -0.25) is 9.10 Å². The second kappa shape index (κ2) is 10.2. The van der Waals surface area contributed by atoms with E-state index >= 15 is 0 Å². The molecule has 1 unspecified atom stereocenters. The van der Waals surface area contributed by atoms with Gasteiger partial charge in [-0.25, -0.2) is 18.4 Å². The molecule has 1 aromatic carbocycles. The van der Waals surface area contributed by atoms with Crippen molar-refractivity contribution in [3.63, 3.8) is 0 Å². The standard InChI is InChI=1S/C26H35N5O4S/c1-18(32)28-24-11-9-21(16-27-24)36(33,34)30(5)20-8-10-23-22(15-20)29-25(26(2,3)4)31(23)17-19-7-6-13-35-14-12-19/h8-11,15-16,19H,6-7,12-14,17H2,1-5H3,(H,27,28,32). The number of carbonyl (C=O) groups excluding carboxylic acids is 1. The Kier molecular flexibility index (Phi) is 7.38. The molecule has 3 heterocycles. The molecule has 1 amide bonds. The molecule has 0 saturated carbocycles. The maximum absolute atomic E-state index is 13.3. The SMILES string of the molecule is CC(=O)Nc1ccc(S(=O)(=O)N(C)c2ccc3c(c2)nc(C(C)(C)C)n3CC2CCCOCC2)cn1. The molecule has 0 radical (unpaired) electrons. The monoisotopic (exact) mass is 513 g/mol. The molecule has 10 heteroatoms. The van der Waals surface area contributed by atoms with Crippen LogP contribution in [0.25, 0.3) is 11.0 Å². The molecular formula is C26H35N5O4S. The van der Waals surface area contributed by atoms with Crippen molar-refractivity contribution in [2.24, 2.45) is 5.92 Å². The van der Waals surface area contributed by atoms with Gasteiger partial charge in [0.15, 0.2) is 0 Å². The van der Waals surface area contributed by atoms with Crippen LogP contribution in [0, 0.1) is 5.92 Å². The molecular weight excluding hydrogens is 478 g/mol. The molecule has 3 aromatic rings. The summed E-state index contributed by atoms with van der Waals surface area (Å²) in [5.74, 6) is 1.53. The number of ether oxygens (including phenoxy) is 1. The molecule has 194 valence electrons. The fraction of sp³-hybridized carbons (Fsp3) is 0.500. The van der Waals surface area contributed by atoms with Crippen molar-refractivity contribution in [1.29, 1.82) is 0 Å². The second-order valence-electron chi connectivity index (χ2n) is 10.4. The van der Waals surface area contributed by atoms with Crippen molar-refractivity contribution in [3.05, 3.63) is 42.4 Å². The van der Waals surface area contributed by atoms with Crippen molar-refractivity contribution in [2.45, 2.75) is 63.8 Å². The highest BCUT2D eigenvalue weighted by molar-refractivity contribution is 7.92. The number of nitrogens with zero attached hydrogens (tertiary/aromatic N) is 4. The number of rotatable bonds is 6. The minimum absolute atomic E-state index is 0.0377. The van der Waals surface area contributed by atoms with E-state index in [2.05, 4.69) is 35.6 Å². The molecule has 9 nitrogen and oxygen atoms in total. The van der Waals surface area contributed by atoms with Crippen LogP contribution in [0.4, 0.5) is 11.5 Å². The second-order valence-corrected chi connectivity index (χ2v) is 12.4. The Hall–Kier alpha value is -2.98. The Morgan fingerprint density at radius 1 is 1.19 bits per heavy atom. The lowest BCUT2D eigenvalue weighted by atomic mass is 9.94. The number of sulfonamides is 1. The summed E-state index contributed by atoms with van der Waals surface area (Å²) in [4.78, 5) is 20.3. The predicted octanol–water partition coefficient (Wildman–Crippen LogP) is 4.33. The van der Waals surface area contributed by atoms with Crippen LogP contribution in [0.15, 0.2) is 41.4 Å². The number of anilines is 2. The largest absolute Gasteiger partial charge is 0.381 e. The molecule has 1 aliphatic rings. The lowest BCUT2D eigenvalue weighted by Crippen LogP contribution is -2.26. The quantitative estimate of drug-likeness (QED) is 0.526. The van der Waals surface area contributed by atoms with Gasteiger partial charge in [0.1, 0.15) is 16.5 Å². The minimum Gasteiger partial charge on any atom is -0.381 e. The fourth-order valence-electron chi connectivity index (χ4n) is 4.57. The van der Waals surface area contributed by atoms with Gasteiger partial charge in [-0.15, -0.1) is 0 Å². The van der Waals surface area contributed by atoms with E-state index < -0.39 is 10.0 Å². The average molecular weight is 514 g/mol. The van der Waals surface area contributed by atoms with Crippen LogP contribution in [0.1, 0.15) is 52.8 Å². The first-order valence-electron chi connectivity index (χ1n) is 12.3. The Bertz CT molecular complexity index is 1340. The van der Waals surface area contributed by atoms with E-state index in [9.17, 15) is 13.2 Å². The lowest BCUT2D eigenvalue weighted by molar-refractivity contribution is -0.114. The number of fused-ring (bicyclic) bond motifs is 1. The fourth-order valence-corrected chi connectivity index (χ4v) is 5.70. The zero-order chi connectivity index (χ0) is 26.1. The number of benzene rings is 1. The van der Waals surface area contributed by atoms with Crippen LogP contribution in [0.3, 0.4) is 0 Å². The summed E-state index contributed by atoms with van der Waals surface area (Å²) in [6, 6.07) is 8.52. The summed E-state index contributed by atoms with van der Waals surface area (Å²) < 4.78 is 35.8. The summed E-state index contributed by atoms with van der Waals surface area (Å²) in [7, 11) is -2.34. The van der Waals surface area contributed by atoms with Crippen molar-refractivity contribution in [2.75, 3.05) is 29.9 Å². The van der Waals surface area contributed by atoms with Crippen molar-refractivity contribution in [1.82, 2.24) is 14.5 Å². The van der Waals surface area contributed by atoms with Gasteiger partial charge in [0.2, 0.25) is 5.91 Å². The first kappa shape index (κ1) is 26.1. The van der Waals surface area contributed by atoms with Crippen molar-refractivity contribution < 1.29 is 17.9 Å². The first-order valence-corrected chi connectivity index (χ1v) is 13.7. The van der Waals surface area contributed by atoms with Crippen LogP contribution >= 0.6 is 0 Å². The molecule has 0 bridgehead atoms. The van der Waals surface area contributed by atoms with Gasteiger partial charge < -0.3 is 14.6 Å². The van der Waals surface area contributed by atoms with E-state index in [4.69, 9.17) is 9.72 Å². The summed E-state index contributed by atoms with van der Waals surface area (Å²) in [6.07, 6.45) is 4.46. The molecule has 4 rings (SSSR count). The van der Waals surface area contributed by atoms with Gasteiger partial charge >= 0.3 is 0 Å². The Balaban J connectivity index is 1.67. The Labute approximate surface area is 212 Å². The highest BCUT2D eigenvalue weighted by Crippen LogP contribution is 2.32. The topological polar surface area (TPSA) is 106 Å². The first-order chi connectivity index (χ1) is 17.0. The number of nitrogens with one attached hydrogen (secondary N) is 1. The van der Waals surface area contributed by atoms with Crippen LogP contribution in [0.5, 0.6) is 0 Å². The molecule has 1 atom stereocenters. The number of carbonyl (C=O) groups is 1. The number of aromatic nitrogens is 3. The van der Waals surface area contributed by atoms with Crippen LogP contribution in [-0.4, -0.2) is 49.1 Å². The minimum atomic E-state index is -3.85. The lowest BCUT2D eigenvalue weighted by Gasteiger charge is -2.23. The molecule has 1 fully saturated rings. The Morgan fingerprint density at radius 2 is 1.97 bits per heavy atom. The maximum atomic E-state index is 13.3. The molecule has 2 aromatic heterocycles. The van der Waals surface area contributed by atoms with E-state index in [0.717, 1.165) is 55.9 Å². The maximum Gasteiger partial charge on any atom is 0.265 e. The molecule has 1 N–H and O–H groups in total. The number of hydrogen-bond acceptors (Lipinski definition) is 6. The molecule has 0 aliphatic carbocycles. The van der Waals surface area contributed by atoms with Gasteiger partial charge in [-0.05, 0) is 55.5 Å². The summed E-state index contributed by atoms with van der Waals surface area (Å²) in [5, 5.41) is 2.54. The third kappa shape index (κ3) is 5.54. The normalized spacial score (nSPS) is 17.1. The predicted molar refractivity (Wildman–Crippen MR) is 141 cm³/mol. The van der Waals surface area contributed by atoms with E-state index in [1.807, 2.05) is 18.2 Å². The van der Waals surface area contributed by atoms with Crippen LogP contribution in [0.2, 0.25) is 0 Å². The summed E-state index contributed by atoms with van der Waals surface area (Å²) >= 11 is 0. The van der Waals surface area contributed by atoms with E-state index in [1.54, 1.807) is 0 Å². The van der Waals surface area contributed by atoms with Crippen LogP contribution < -0.4 is 9.62 Å². The number of imidazole rings is 1. The van der Waals surface area contributed by atoms with Crippen molar-refractivity contribution >= 4 is 38.5 Å². The summed E-state index contributed by atoms with van der Waals surface area (Å²) in [5.41, 5.74) is 2.12. The molecule has 1 saturated heterocycles. The zero-order valence-corrected chi connectivity index (χ0v) is 22.4. The summed E-state index contributed by atoms with van der Waals surface area (Å²) in [6.45, 7) is 10.3. The van der Waals surface area contributed by atoms with Gasteiger partial charge in [0, 0.05) is 45.3 Å². The third-order valence-electron chi connectivity index (χ3n) is 6.48. The van der Waals surface area contributed by atoms with E-state index in [0.29, 0.717) is 17.4 Å². The number of hydrogen-bond donors (Lipinski definition) is 1. The van der Waals surface area contributed by atoms with Gasteiger partial charge in [0.05, 0.1) is 16.7 Å². The van der Waals surface area contributed by atoms with Gasteiger partial charge in [0.25, 0.3) is 10.0 Å².